The Balaban J connectivity index is 0.00000324. The second-order valence-corrected chi connectivity index (χ2v) is 4.07. The molecule has 0 bridgehead atoms. The molecule has 0 fully saturated rings. The monoisotopic (exact) mass is 327 g/mol. The normalized spacial score (nSPS) is 13.9. The summed E-state index contributed by atoms with van der Waals surface area (Å²) < 4.78 is 75.8. The molecule has 0 aliphatic rings. The highest BCUT2D eigenvalue weighted by Gasteiger charge is 2.62. The highest BCUT2D eigenvalue weighted by atomic mass is 35.5. The second-order valence-electron chi connectivity index (χ2n) is 3.69. The predicted octanol–water partition coefficient (Wildman–Crippen LogP) is 4.41. The Kier molecular flexibility index (Phi) is 5.56. The zero-order chi connectivity index (χ0) is 14.3. The van der Waals surface area contributed by atoms with Crippen molar-refractivity contribution in [2.75, 3.05) is 0 Å². The average Bonchev–Trinajstić information content (AvgIpc) is 2.22. The van der Waals surface area contributed by atoms with Gasteiger partial charge in [-0.05, 0) is 18.6 Å². The number of benzene rings is 1. The van der Waals surface area contributed by atoms with Gasteiger partial charge in [-0.15, -0.1) is 12.4 Å². The first kappa shape index (κ1) is 18.3. The topological polar surface area (TPSA) is 26.0 Å². The first-order valence-corrected chi connectivity index (χ1v) is 5.02. The molecule has 0 radical (unpaired) electrons. The van der Waals surface area contributed by atoms with Gasteiger partial charge in [-0.25, -0.2) is 4.39 Å². The minimum Gasteiger partial charge on any atom is -0.319 e. The van der Waals surface area contributed by atoms with Crippen molar-refractivity contribution in [1.82, 2.24) is 0 Å². The maximum Gasteiger partial charge on any atom is 0.455 e. The fraction of sp³-hybridized carbons (Fsp3) is 0.400. The Labute approximate surface area is 116 Å². The largest absolute Gasteiger partial charge is 0.455 e. The minimum absolute atomic E-state index is 0. The lowest BCUT2D eigenvalue weighted by atomic mass is 9.98. The quantitative estimate of drug-likeness (QED) is 0.800. The molecule has 1 aromatic carbocycles. The fourth-order valence-corrected chi connectivity index (χ4v) is 1.59. The van der Waals surface area contributed by atoms with Crippen molar-refractivity contribution in [2.45, 2.75) is 25.1 Å². The predicted molar refractivity (Wildman–Crippen MR) is 61.3 cm³/mol. The van der Waals surface area contributed by atoms with Crippen molar-refractivity contribution < 1.29 is 26.3 Å². The van der Waals surface area contributed by atoms with Gasteiger partial charge in [-0.1, -0.05) is 17.7 Å². The van der Waals surface area contributed by atoms with E-state index in [0.717, 1.165) is 12.1 Å². The SMILES string of the molecule is Cc1ccc(F)c([C@@H](N)C(F)(F)C(F)(F)F)c1Cl.Cl. The summed E-state index contributed by atoms with van der Waals surface area (Å²) in [6.45, 7) is 1.34. The molecule has 2 N–H and O–H groups in total. The van der Waals surface area contributed by atoms with E-state index in [2.05, 4.69) is 0 Å². The van der Waals surface area contributed by atoms with Gasteiger partial charge < -0.3 is 5.73 Å². The Morgan fingerprint density at radius 3 is 2.05 bits per heavy atom. The molecule has 0 spiro atoms. The van der Waals surface area contributed by atoms with Gasteiger partial charge in [0.05, 0.1) is 5.02 Å². The lowest BCUT2D eigenvalue weighted by molar-refractivity contribution is -0.291. The third kappa shape index (κ3) is 3.27. The van der Waals surface area contributed by atoms with Crippen molar-refractivity contribution in [3.8, 4) is 0 Å². The molecule has 0 aliphatic carbocycles. The van der Waals surface area contributed by atoms with Gasteiger partial charge in [0.2, 0.25) is 0 Å². The molecule has 0 aromatic heterocycles. The van der Waals surface area contributed by atoms with Crippen LogP contribution in [0.3, 0.4) is 0 Å². The Bertz CT molecular complexity index is 460. The molecule has 0 amide bonds. The van der Waals surface area contributed by atoms with Crippen LogP contribution in [-0.2, 0) is 0 Å². The standard InChI is InChI=1S/C10H8ClF6N.ClH/c1-4-2-3-5(12)6(7(4)11)8(18)9(13,14)10(15,16)17;/h2-3,8H,18H2,1H3;1H/t8-;/m1./s1. The number of rotatable bonds is 2. The molecule has 0 unspecified atom stereocenters. The van der Waals surface area contributed by atoms with E-state index in [-0.39, 0.29) is 18.0 Å². The van der Waals surface area contributed by atoms with Crippen LogP contribution >= 0.6 is 24.0 Å². The molecule has 19 heavy (non-hydrogen) atoms. The lowest BCUT2D eigenvalue weighted by Gasteiger charge is -2.27. The van der Waals surface area contributed by atoms with E-state index in [1.165, 1.54) is 6.92 Å². The first-order chi connectivity index (χ1) is 8.00. The summed E-state index contributed by atoms with van der Waals surface area (Å²) in [6, 6.07) is -1.01. The molecule has 0 saturated carbocycles. The van der Waals surface area contributed by atoms with Crippen molar-refractivity contribution in [2.24, 2.45) is 5.73 Å². The molecule has 0 aliphatic heterocycles. The first-order valence-electron chi connectivity index (χ1n) is 4.64. The molecule has 1 nitrogen and oxygen atoms in total. The van der Waals surface area contributed by atoms with E-state index in [1.807, 2.05) is 0 Å². The zero-order valence-corrected chi connectivity index (χ0v) is 10.9. The van der Waals surface area contributed by atoms with Crippen molar-refractivity contribution in [1.29, 1.82) is 0 Å². The van der Waals surface area contributed by atoms with Gasteiger partial charge in [0.25, 0.3) is 0 Å². The maximum atomic E-state index is 13.3. The molecule has 0 heterocycles. The third-order valence-electron chi connectivity index (χ3n) is 2.40. The van der Waals surface area contributed by atoms with E-state index in [1.54, 1.807) is 0 Å². The molecule has 0 saturated heterocycles. The van der Waals surface area contributed by atoms with Crippen LogP contribution in [0.15, 0.2) is 12.1 Å². The van der Waals surface area contributed by atoms with Crippen LogP contribution in [0.5, 0.6) is 0 Å². The highest BCUT2D eigenvalue weighted by molar-refractivity contribution is 6.32. The van der Waals surface area contributed by atoms with Gasteiger partial charge in [-0.3, -0.25) is 0 Å². The Morgan fingerprint density at radius 1 is 1.16 bits per heavy atom. The average molecular weight is 328 g/mol. The number of alkyl halides is 5. The minimum atomic E-state index is -5.88. The van der Waals surface area contributed by atoms with Crippen LogP contribution in [0.2, 0.25) is 5.02 Å². The summed E-state index contributed by atoms with van der Waals surface area (Å²) in [5.74, 6) is -6.58. The summed E-state index contributed by atoms with van der Waals surface area (Å²) in [7, 11) is 0. The molecule has 9 heteroatoms. The smallest absolute Gasteiger partial charge is 0.319 e. The van der Waals surface area contributed by atoms with Gasteiger partial charge in [-0.2, -0.15) is 22.0 Å². The second kappa shape index (κ2) is 5.76. The van der Waals surface area contributed by atoms with Crippen LogP contribution in [0.1, 0.15) is 17.2 Å². The molecular weight excluding hydrogens is 319 g/mol. The number of hydrogen-bond acceptors (Lipinski definition) is 1. The summed E-state index contributed by atoms with van der Waals surface area (Å²) in [4.78, 5) is 0. The zero-order valence-electron chi connectivity index (χ0n) is 9.36. The number of aryl methyl sites for hydroxylation is 1. The van der Waals surface area contributed by atoms with Gasteiger partial charge in [0, 0.05) is 5.56 Å². The van der Waals surface area contributed by atoms with Crippen LogP contribution in [0, 0.1) is 12.7 Å². The van der Waals surface area contributed by atoms with Crippen molar-refractivity contribution in [3.63, 3.8) is 0 Å². The number of halogens is 8. The highest BCUT2D eigenvalue weighted by Crippen LogP contribution is 2.45. The van der Waals surface area contributed by atoms with Crippen LogP contribution in [-0.4, -0.2) is 12.1 Å². The van der Waals surface area contributed by atoms with Crippen LogP contribution in [0.4, 0.5) is 26.3 Å². The lowest BCUT2D eigenvalue weighted by Crippen LogP contribution is -2.46. The molecule has 1 atom stereocenters. The van der Waals surface area contributed by atoms with Crippen LogP contribution in [0.25, 0.3) is 0 Å². The summed E-state index contributed by atoms with van der Waals surface area (Å²) >= 11 is 5.53. The molecule has 1 aromatic rings. The van der Waals surface area contributed by atoms with E-state index in [0.29, 0.717) is 0 Å². The summed E-state index contributed by atoms with van der Waals surface area (Å²) in [5, 5.41) is -0.536. The maximum absolute atomic E-state index is 13.3. The molecule has 1 rings (SSSR count). The van der Waals surface area contributed by atoms with E-state index < -0.39 is 34.5 Å². The van der Waals surface area contributed by atoms with Crippen molar-refractivity contribution >= 4 is 24.0 Å². The van der Waals surface area contributed by atoms with E-state index >= 15 is 0 Å². The Hall–Kier alpha value is -0.660. The third-order valence-corrected chi connectivity index (χ3v) is 2.90. The van der Waals surface area contributed by atoms with Crippen molar-refractivity contribution in [3.05, 3.63) is 34.1 Å². The Morgan fingerprint density at radius 2 is 1.63 bits per heavy atom. The van der Waals surface area contributed by atoms with Gasteiger partial charge >= 0.3 is 12.1 Å². The fourth-order valence-electron chi connectivity index (χ4n) is 1.32. The van der Waals surface area contributed by atoms with Gasteiger partial charge in [0.15, 0.2) is 0 Å². The van der Waals surface area contributed by atoms with E-state index in [4.69, 9.17) is 17.3 Å². The van der Waals surface area contributed by atoms with E-state index in [9.17, 15) is 26.3 Å². The van der Waals surface area contributed by atoms with Gasteiger partial charge in [0.1, 0.15) is 11.9 Å². The van der Waals surface area contributed by atoms with Crippen LogP contribution < -0.4 is 5.73 Å². The summed E-state index contributed by atoms with van der Waals surface area (Å²) in [6.07, 6.45) is -5.88. The number of hydrogen-bond donors (Lipinski definition) is 1. The summed E-state index contributed by atoms with van der Waals surface area (Å²) in [5.41, 5.74) is 3.95. The number of nitrogens with two attached hydrogens (primary N) is 1. The molecular formula is C10H9Cl2F6N. The molecule has 110 valence electrons.